The highest BCUT2D eigenvalue weighted by molar-refractivity contribution is 6.00. The lowest BCUT2D eigenvalue weighted by molar-refractivity contribution is -0.0931. The summed E-state index contributed by atoms with van der Waals surface area (Å²) in [4.78, 5) is 18.5. The molecule has 1 aromatic heterocycles. The second kappa shape index (κ2) is 4.40. The van der Waals surface area contributed by atoms with Crippen LogP contribution in [0.5, 0.6) is 0 Å². The number of aromatic nitrogens is 2. The van der Waals surface area contributed by atoms with Crippen LogP contribution in [0.3, 0.4) is 0 Å². The summed E-state index contributed by atoms with van der Waals surface area (Å²) in [6.07, 6.45) is -0.257. The zero-order valence-corrected chi connectivity index (χ0v) is 9.55. The van der Waals surface area contributed by atoms with Crippen molar-refractivity contribution < 1.29 is 19.4 Å². The number of aromatic amines is 1. The average molecular weight is 248 g/mol. The molecule has 18 heavy (non-hydrogen) atoms. The van der Waals surface area contributed by atoms with Crippen molar-refractivity contribution in [1.82, 2.24) is 9.97 Å². The molecule has 0 saturated carbocycles. The van der Waals surface area contributed by atoms with Crippen LogP contribution in [0.2, 0.25) is 0 Å². The first-order valence-electron chi connectivity index (χ1n) is 5.67. The minimum atomic E-state index is -0.987. The topological polar surface area (TPSA) is 84.4 Å². The highest BCUT2D eigenvalue weighted by Crippen LogP contribution is 2.23. The summed E-state index contributed by atoms with van der Waals surface area (Å²) in [5.41, 5.74) is 1.33. The van der Waals surface area contributed by atoms with Crippen molar-refractivity contribution in [2.75, 3.05) is 19.8 Å². The minimum Gasteiger partial charge on any atom is -0.478 e. The number of carbonyl (C=O) groups is 1. The van der Waals surface area contributed by atoms with Gasteiger partial charge in [0.15, 0.2) is 0 Å². The largest absolute Gasteiger partial charge is 0.478 e. The van der Waals surface area contributed by atoms with Crippen LogP contribution in [0.4, 0.5) is 0 Å². The van der Waals surface area contributed by atoms with Gasteiger partial charge in [-0.15, -0.1) is 0 Å². The number of benzene rings is 1. The predicted octanol–water partition coefficient (Wildman–Crippen LogP) is 1.35. The molecule has 6 heteroatoms. The SMILES string of the molecule is O=C(O)c1cccc2[nH]c(C3COCCO3)nc12. The van der Waals surface area contributed by atoms with E-state index >= 15 is 0 Å². The van der Waals surface area contributed by atoms with Gasteiger partial charge >= 0.3 is 5.97 Å². The maximum Gasteiger partial charge on any atom is 0.337 e. The number of carboxylic acid groups (broad SMARTS) is 1. The first kappa shape index (κ1) is 11.2. The van der Waals surface area contributed by atoms with E-state index in [1.54, 1.807) is 12.1 Å². The molecule has 0 aliphatic carbocycles. The number of ether oxygens (including phenoxy) is 2. The van der Waals surface area contributed by atoms with E-state index in [4.69, 9.17) is 14.6 Å². The molecule has 3 rings (SSSR count). The minimum absolute atomic E-state index is 0.187. The highest BCUT2D eigenvalue weighted by Gasteiger charge is 2.21. The number of hydrogen-bond acceptors (Lipinski definition) is 4. The van der Waals surface area contributed by atoms with Crippen molar-refractivity contribution in [2.24, 2.45) is 0 Å². The van der Waals surface area contributed by atoms with E-state index in [1.807, 2.05) is 0 Å². The summed E-state index contributed by atoms with van der Waals surface area (Å²) in [5, 5.41) is 9.09. The smallest absolute Gasteiger partial charge is 0.337 e. The summed E-state index contributed by atoms with van der Waals surface area (Å²) in [5.74, 6) is -0.377. The van der Waals surface area contributed by atoms with Gasteiger partial charge in [-0.25, -0.2) is 9.78 Å². The van der Waals surface area contributed by atoms with Crippen molar-refractivity contribution >= 4 is 17.0 Å². The zero-order chi connectivity index (χ0) is 12.5. The van der Waals surface area contributed by atoms with Crippen molar-refractivity contribution in [3.8, 4) is 0 Å². The fourth-order valence-corrected chi connectivity index (χ4v) is 2.02. The van der Waals surface area contributed by atoms with Gasteiger partial charge < -0.3 is 19.6 Å². The Morgan fingerprint density at radius 2 is 2.33 bits per heavy atom. The molecule has 6 nitrogen and oxygen atoms in total. The Morgan fingerprint density at radius 1 is 1.44 bits per heavy atom. The second-order valence-corrected chi connectivity index (χ2v) is 4.06. The first-order chi connectivity index (χ1) is 8.75. The van der Waals surface area contributed by atoms with Crippen molar-refractivity contribution in [2.45, 2.75) is 6.10 Å². The van der Waals surface area contributed by atoms with Crippen LogP contribution < -0.4 is 0 Å². The number of nitrogens with zero attached hydrogens (tertiary/aromatic N) is 1. The molecular weight excluding hydrogens is 236 g/mol. The third-order valence-corrected chi connectivity index (χ3v) is 2.88. The molecule has 0 radical (unpaired) electrons. The average Bonchev–Trinajstić information content (AvgIpc) is 2.83. The highest BCUT2D eigenvalue weighted by atomic mass is 16.6. The van der Waals surface area contributed by atoms with E-state index in [-0.39, 0.29) is 11.7 Å². The van der Waals surface area contributed by atoms with E-state index in [9.17, 15) is 4.79 Å². The summed E-state index contributed by atoms with van der Waals surface area (Å²) >= 11 is 0. The maximum absolute atomic E-state index is 11.1. The Morgan fingerprint density at radius 3 is 3.06 bits per heavy atom. The van der Waals surface area contributed by atoms with Gasteiger partial charge in [-0.05, 0) is 12.1 Å². The Balaban J connectivity index is 2.04. The van der Waals surface area contributed by atoms with Crippen molar-refractivity contribution in [3.63, 3.8) is 0 Å². The van der Waals surface area contributed by atoms with Crippen LogP contribution in [-0.4, -0.2) is 40.9 Å². The number of carboxylic acids is 1. The van der Waals surface area contributed by atoms with Gasteiger partial charge in [0.2, 0.25) is 0 Å². The quantitative estimate of drug-likeness (QED) is 0.838. The summed E-state index contributed by atoms with van der Waals surface area (Å²) in [6.45, 7) is 1.53. The van der Waals surface area contributed by atoms with E-state index in [0.717, 1.165) is 0 Å². The Bertz CT molecular complexity index is 587. The van der Waals surface area contributed by atoms with Crippen molar-refractivity contribution in [3.05, 3.63) is 29.6 Å². The summed E-state index contributed by atoms with van der Waals surface area (Å²) in [7, 11) is 0. The van der Waals surface area contributed by atoms with Gasteiger partial charge in [0, 0.05) is 0 Å². The van der Waals surface area contributed by atoms with Gasteiger partial charge in [-0.1, -0.05) is 6.07 Å². The molecule has 1 aliphatic heterocycles. The van der Waals surface area contributed by atoms with Crippen LogP contribution in [0.15, 0.2) is 18.2 Å². The second-order valence-electron chi connectivity index (χ2n) is 4.06. The molecule has 0 spiro atoms. The van der Waals surface area contributed by atoms with E-state index in [1.165, 1.54) is 6.07 Å². The molecule has 1 unspecified atom stereocenters. The monoisotopic (exact) mass is 248 g/mol. The van der Waals surface area contributed by atoms with Gasteiger partial charge in [-0.2, -0.15) is 0 Å². The van der Waals surface area contributed by atoms with Crippen LogP contribution in [0.1, 0.15) is 22.3 Å². The molecule has 94 valence electrons. The number of rotatable bonds is 2. The Hall–Kier alpha value is -1.92. The first-order valence-corrected chi connectivity index (χ1v) is 5.67. The van der Waals surface area contributed by atoms with Gasteiger partial charge in [0.05, 0.1) is 30.9 Å². The fourth-order valence-electron chi connectivity index (χ4n) is 2.02. The van der Waals surface area contributed by atoms with E-state index in [0.29, 0.717) is 36.7 Å². The molecular formula is C12H12N2O4. The number of nitrogens with one attached hydrogen (secondary N) is 1. The van der Waals surface area contributed by atoms with Crippen LogP contribution in [0, 0.1) is 0 Å². The molecule has 2 heterocycles. The maximum atomic E-state index is 11.1. The lowest BCUT2D eigenvalue weighted by Crippen LogP contribution is -2.22. The Kier molecular flexibility index (Phi) is 2.73. The number of hydrogen-bond donors (Lipinski definition) is 2. The molecule has 2 N–H and O–H groups in total. The fraction of sp³-hybridized carbons (Fsp3) is 0.333. The van der Waals surface area contributed by atoms with Crippen LogP contribution in [-0.2, 0) is 9.47 Å². The standard InChI is InChI=1S/C12H12N2O4/c15-12(16)7-2-1-3-8-10(7)14-11(13-8)9-6-17-4-5-18-9/h1-3,9H,4-6H2,(H,13,14)(H,15,16). The molecule has 0 amide bonds. The zero-order valence-electron chi connectivity index (χ0n) is 9.55. The molecule has 1 aliphatic rings. The molecule has 1 aromatic carbocycles. The van der Waals surface area contributed by atoms with Gasteiger partial charge in [-0.3, -0.25) is 0 Å². The molecule has 1 saturated heterocycles. The number of imidazole rings is 1. The molecule has 2 aromatic rings. The van der Waals surface area contributed by atoms with Crippen LogP contribution in [0.25, 0.3) is 11.0 Å². The van der Waals surface area contributed by atoms with E-state index < -0.39 is 5.97 Å². The number of para-hydroxylation sites is 1. The Labute approximate surface area is 103 Å². The van der Waals surface area contributed by atoms with Crippen molar-refractivity contribution in [1.29, 1.82) is 0 Å². The van der Waals surface area contributed by atoms with Gasteiger partial charge in [0.25, 0.3) is 0 Å². The van der Waals surface area contributed by atoms with Crippen LogP contribution >= 0.6 is 0 Å². The molecule has 1 fully saturated rings. The number of fused-ring (bicyclic) bond motifs is 1. The van der Waals surface area contributed by atoms with Gasteiger partial charge in [0.1, 0.15) is 17.4 Å². The third-order valence-electron chi connectivity index (χ3n) is 2.88. The normalized spacial score (nSPS) is 20.1. The third kappa shape index (κ3) is 1.85. The van der Waals surface area contributed by atoms with E-state index in [2.05, 4.69) is 9.97 Å². The predicted molar refractivity (Wildman–Crippen MR) is 62.6 cm³/mol. The lowest BCUT2D eigenvalue weighted by atomic mass is 10.2. The lowest BCUT2D eigenvalue weighted by Gasteiger charge is -2.20. The molecule has 1 atom stereocenters. The number of aromatic carboxylic acids is 1. The number of H-pyrrole nitrogens is 1. The summed E-state index contributed by atoms with van der Waals surface area (Å²) < 4.78 is 10.8. The summed E-state index contributed by atoms with van der Waals surface area (Å²) in [6, 6.07) is 5.02. The molecule has 0 bridgehead atoms.